The van der Waals surface area contributed by atoms with E-state index >= 15 is 0 Å². The van der Waals surface area contributed by atoms with Crippen molar-refractivity contribution in [3.8, 4) is 0 Å². The molecule has 0 aromatic carbocycles. The van der Waals surface area contributed by atoms with E-state index in [1.807, 2.05) is 6.08 Å². The Morgan fingerprint density at radius 3 is 2.44 bits per heavy atom. The zero-order chi connectivity index (χ0) is 6.41. The van der Waals surface area contributed by atoms with Gasteiger partial charge in [0.2, 0.25) is 0 Å². The van der Waals surface area contributed by atoms with Gasteiger partial charge in [0, 0.05) is 20.4 Å². The second-order valence-corrected chi connectivity index (χ2v) is 1.80. The van der Waals surface area contributed by atoms with Gasteiger partial charge in [0.1, 0.15) is 0 Å². The zero-order valence-electron chi connectivity index (χ0n) is 5.79. The molecule has 0 radical (unpaired) electrons. The average molecular weight is 219 g/mol. The third kappa shape index (κ3) is 11.6. The smallest absolute Gasteiger partial charge is 0.152 e. The third-order valence-electron chi connectivity index (χ3n) is 0.808. The Kier molecular flexibility index (Phi) is 10.6. The Morgan fingerprint density at radius 2 is 2.11 bits per heavy atom. The monoisotopic (exact) mass is 218 g/mol. The molecule has 0 rings (SSSR count). The molecular formula is C7H12OPd. The van der Waals surface area contributed by atoms with Crippen molar-refractivity contribution in [3.63, 3.8) is 0 Å². The van der Waals surface area contributed by atoms with Crippen molar-refractivity contribution in [2.45, 2.75) is 26.7 Å². The largest absolute Gasteiger partial charge is 0.295 e. The minimum absolute atomic E-state index is 0. The standard InChI is InChI=1S/C7H12O.Pd/c1-3-4-5-6-7(2)8;/h5-6H,3-4H2,1-2H3;. The Labute approximate surface area is 70.2 Å². The van der Waals surface area contributed by atoms with E-state index in [-0.39, 0.29) is 26.2 Å². The molecule has 0 aliphatic carbocycles. The number of rotatable bonds is 3. The second-order valence-electron chi connectivity index (χ2n) is 1.80. The van der Waals surface area contributed by atoms with Gasteiger partial charge in [0.15, 0.2) is 5.78 Å². The van der Waals surface area contributed by atoms with Crippen molar-refractivity contribution in [2.75, 3.05) is 0 Å². The molecule has 2 heteroatoms. The number of carbonyl (C=O) groups is 1. The number of carbonyl (C=O) groups excluding carboxylic acids is 1. The Hall–Kier alpha value is 0.0723. The molecule has 0 unspecified atom stereocenters. The number of allylic oxidation sites excluding steroid dienone is 2. The first-order valence-electron chi connectivity index (χ1n) is 2.94. The molecule has 56 valence electrons. The van der Waals surface area contributed by atoms with Gasteiger partial charge >= 0.3 is 0 Å². The summed E-state index contributed by atoms with van der Waals surface area (Å²) in [4.78, 5) is 10.2. The molecule has 0 N–H and O–H groups in total. The topological polar surface area (TPSA) is 17.1 Å². The molecule has 0 spiro atoms. The number of hydrogen-bond acceptors (Lipinski definition) is 1. The Bertz CT molecular complexity index is 97.1. The first-order chi connectivity index (χ1) is 3.77. The van der Waals surface area contributed by atoms with Crippen LogP contribution in [0.5, 0.6) is 0 Å². The summed E-state index contributed by atoms with van der Waals surface area (Å²) in [5, 5.41) is 0. The summed E-state index contributed by atoms with van der Waals surface area (Å²) in [6, 6.07) is 0. The quantitative estimate of drug-likeness (QED) is 0.523. The van der Waals surface area contributed by atoms with Crippen LogP contribution in [0.4, 0.5) is 0 Å². The van der Waals surface area contributed by atoms with Crippen LogP contribution in [0.1, 0.15) is 26.7 Å². The van der Waals surface area contributed by atoms with Crippen molar-refractivity contribution < 1.29 is 25.2 Å². The number of hydrogen-bond donors (Lipinski definition) is 0. The van der Waals surface area contributed by atoms with Gasteiger partial charge in [-0.2, -0.15) is 0 Å². The van der Waals surface area contributed by atoms with Gasteiger partial charge in [-0.15, -0.1) is 0 Å². The van der Waals surface area contributed by atoms with Crippen LogP contribution in [0.25, 0.3) is 0 Å². The van der Waals surface area contributed by atoms with Crippen LogP contribution in [-0.4, -0.2) is 5.78 Å². The van der Waals surface area contributed by atoms with Crippen LogP contribution in [-0.2, 0) is 25.2 Å². The van der Waals surface area contributed by atoms with Gasteiger partial charge < -0.3 is 0 Å². The molecule has 0 aromatic heterocycles. The summed E-state index contributed by atoms with van der Waals surface area (Å²) in [5.41, 5.74) is 0. The Morgan fingerprint density at radius 1 is 1.56 bits per heavy atom. The third-order valence-corrected chi connectivity index (χ3v) is 0.808. The number of ketones is 1. The fourth-order valence-electron chi connectivity index (χ4n) is 0.416. The fourth-order valence-corrected chi connectivity index (χ4v) is 0.416. The van der Waals surface area contributed by atoms with E-state index in [9.17, 15) is 4.79 Å². The number of unbranched alkanes of at least 4 members (excludes halogenated alkanes) is 1. The van der Waals surface area contributed by atoms with Crippen LogP contribution in [0, 0.1) is 0 Å². The minimum Gasteiger partial charge on any atom is -0.295 e. The van der Waals surface area contributed by atoms with E-state index in [1.165, 1.54) is 0 Å². The first-order valence-corrected chi connectivity index (χ1v) is 2.94. The minimum atomic E-state index is 0. The van der Waals surface area contributed by atoms with Crippen molar-refractivity contribution >= 4 is 5.78 Å². The molecule has 0 fully saturated rings. The van der Waals surface area contributed by atoms with Gasteiger partial charge in [-0.25, -0.2) is 0 Å². The van der Waals surface area contributed by atoms with Crippen molar-refractivity contribution in [1.82, 2.24) is 0 Å². The maximum absolute atomic E-state index is 10.2. The van der Waals surface area contributed by atoms with Crippen LogP contribution in [0.2, 0.25) is 0 Å². The summed E-state index contributed by atoms with van der Waals surface area (Å²) < 4.78 is 0. The Balaban J connectivity index is 0. The van der Waals surface area contributed by atoms with E-state index in [0.29, 0.717) is 0 Å². The molecule has 0 aliphatic heterocycles. The van der Waals surface area contributed by atoms with Crippen molar-refractivity contribution in [1.29, 1.82) is 0 Å². The molecule has 0 heterocycles. The maximum atomic E-state index is 10.2. The van der Waals surface area contributed by atoms with E-state index in [4.69, 9.17) is 0 Å². The van der Waals surface area contributed by atoms with E-state index in [0.717, 1.165) is 12.8 Å². The molecule has 0 bridgehead atoms. The van der Waals surface area contributed by atoms with Gasteiger partial charge in [-0.05, 0) is 19.4 Å². The fraction of sp³-hybridized carbons (Fsp3) is 0.571. The maximum Gasteiger partial charge on any atom is 0.152 e. The summed E-state index contributed by atoms with van der Waals surface area (Å²) in [5.74, 6) is 0.137. The van der Waals surface area contributed by atoms with E-state index < -0.39 is 0 Å². The average Bonchev–Trinajstić information content (AvgIpc) is 1.66. The molecular weight excluding hydrogens is 206 g/mol. The van der Waals surface area contributed by atoms with Gasteiger partial charge in [0.25, 0.3) is 0 Å². The zero-order valence-corrected chi connectivity index (χ0v) is 7.35. The summed E-state index contributed by atoms with van der Waals surface area (Å²) in [6.45, 7) is 3.65. The van der Waals surface area contributed by atoms with Crippen molar-refractivity contribution in [3.05, 3.63) is 12.2 Å². The second kappa shape index (κ2) is 8.07. The summed E-state index contributed by atoms with van der Waals surface area (Å²) in [6.07, 6.45) is 5.65. The van der Waals surface area contributed by atoms with Crippen molar-refractivity contribution in [2.24, 2.45) is 0 Å². The van der Waals surface area contributed by atoms with Gasteiger partial charge in [0.05, 0.1) is 0 Å². The summed E-state index contributed by atoms with van der Waals surface area (Å²) in [7, 11) is 0. The van der Waals surface area contributed by atoms with Crippen LogP contribution < -0.4 is 0 Å². The molecule has 9 heavy (non-hydrogen) atoms. The first kappa shape index (κ1) is 11.8. The van der Waals surface area contributed by atoms with Crippen LogP contribution in [0.15, 0.2) is 12.2 Å². The predicted octanol–water partition coefficient (Wildman–Crippen LogP) is 1.93. The van der Waals surface area contributed by atoms with Gasteiger partial charge in [-0.3, -0.25) is 4.79 Å². The molecule has 0 saturated carbocycles. The summed E-state index contributed by atoms with van der Waals surface area (Å²) >= 11 is 0. The molecule has 0 aromatic rings. The normalized spacial score (nSPS) is 9.11. The molecule has 1 nitrogen and oxygen atoms in total. The van der Waals surface area contributed by atoms with Crippen LogP contribution >= 0.6 is 0 Å². The molecule has 0 amide bonds. The molecule has 0 atom stereocenters. The SMILES string of the molecule is CCCC=CC(C)=O.[Pd]. The molecule has 0 saturated heterocycles. The molecule has 0 aliphatic rings. The predicted molar refractivity (Wildman–Crippen MR) is 34.7 cm³/mol. The van der Waals surface area contributed by atoms with Crippen LogP contribution in [0.3, 0.4) is 0 Å². The van der Waals surface area contributed by atoms with Gasteiger partial charge in [-0.1, -0.05) is 19.4 Å². The van der Waals surface area contributed by atoms with E-state index in [1.54, 1.807) is 13.0 Å². The van der Waals surface area contributed by atoms with E-state index in [2.05, 4.69) is 6.92 Å².